The van der Waals surface area contributed by atoms with Crippen LogP contribution < -0.4 is 26.1 Å². The molecule has 0 aliphatic rings. The Kier molecular flexibility index (Phi) is 40.0. The van der Waals surface area contributed by atoms with Gasteiger partial charge in [-0.25, -0.2) is 0 Å². The molecule has 8 rings (SSSR count). The van der Waals surface area contributed by atoms with Gasteiger partial charge >= 0.3 is 273 Å². The molecule has 0 fully saturated rings. The van der Waals surface area contributed by atoms with Gasteiger partial charge in [0.15, 0.2) is 0 Å². The molecule has 70 heavy (non-hydrogen) atoms. The van der Waals surface area contributed by atoms with Crippen molar-refractivity contribution in [1.82, 2.24) is 0 Å². The molecule has 0 aliphatic carbocycles. The summed E-state index contributed by atoms with van der Waals surface area (Å²) in [6, 6.07) is 85.4. The second-order valence-electron chi connectivity index (χ2n) is 12.4. The zero-order valence-corrected chi connectivity index (χ0v) is 46.6. The van der Waals surface area contributed by atoms with E-state index in [1.54, 1.807) is 0 Å². The standard InChI is InChI=1S/2C18H15As.C14H10.4F3P.2Rh/c2*1-4-10-16(11-5-1)19(17-12-6-2-7-13-17)18-14-8-3-9-15-18;1-3-7-13(8-4-1)11-12-14-9-5-2-6-10-14;4*1-4(2)3;;/h2*1-15H;1-10H;;;;;;. The first-order valence-corrected chi connectivity index (χ1v) is 29.1. The topological polar surface area (TPSA) is 0 Å². The van der Waals surface area contributed by atoms with E-state index >= 15 is 0 Å². The van der Waals surface area contributed by atoms with Crippen molar-refractivity contribution in [3.63, 3.8) is 0 Å². The Morgan fingerprint density at radius 3 is 0.457 bits per heavy atom. The first kappa shape index (κ1) is 66.6. The maximum absolute atomic E-state index is 9.73. The van der Waals surface area contributed by atoms with E-state index in [9.17, 15) is 50.4 Å². The number of benzene rings is 8. The molecule has 0 aromatic heterocycles. The van der Waals surface area contributed by atoms with E-state index in [-0.39, 0.29) is 39.0 Å². The Morgan fingerprint density at radius 2 is 0.329 bits per heavy atom. The van der Waals surface area contributed by atoms with Crippen molar-refractivity contribution in [2.75, 3.05) is 0 Å². The van der Waals surface area contributed by atoms with E-state index in [0.29, 0.717) is 0 Å². The van der Waals surface area contributed by atoms with Crippen LogP contribution >= 0.6 is 35.4 Å². The van der Waals surface area contributed by atoms with Crippen LogP contribution in [0.1, 0.15) is 11.1 Å². The molecule has 0 bridgehead atoms. The second kappa shape index (κ2) is 42.1. The molecule has 0 atom stereocenters. The molecule has 20 heteroatoms. The molecular weight excluding hydrogens is 1310 g/mol. The van der Waals surface area contributed by atoms with Gasteiger partial charge in [-0.3, -0.25) is 0 Å². The van der Waals surface area contributed by atoms with Crippen LogP contribution in [0.3, 0.4) is 0 Å². The van der Waals surface area contributed by atoms with Crippen molar-refractivity contribution in [3.8, 4) is 11.8 Å². The van der Waals surface area contributed by atoms with E-state index in [2.05, 4.69) is 194 Å². The third kappa shape index (κ3) is 32.5. The van der Waals surface area contributed by atoms with Crippen molar-refractivity contribution < 1.29 is 89.3 Å². The van der Waals surface area contributed by atoms with Gasteiger partial charge in [0, 0.05) is 50.1 Å². The fourth-order valence-corrected chi connectivity index (χ4v) is 15.2. The molecule has 8 aromatic carbocycles. The minimum absolute atomic E-state index is 0. The Morgan fingerprint density at radius 1 is 0.214 bits per heavy atom. The first-order chi connectivity index (χ1) is 32.8. The number of hydrogen-bond donors (Lipinski definition) is 0. The van der Waals surface area contributed by atoms with Crippen LogP contribution in [-0.4, -0.2) is 29.3 Å². The molecule has 0 N–H and O–H groups in total. The molecule has 0 aliphatic heterocycles. The van der Waals surface area contributed by atoms with Gasteiger partial charge in [0.1, 0.15) is 0 Å². The van der Waals surface area contributed by atoms with Crippen LogP contribution in [0.4, 0.5) is 50.4 Å². The average molecular weight is 1350 g/mol. The Balaban J connectivity index is 0.000000879. The fraction of sp³-hybridized carbons (Fsp3) is 0. The Bertz CT molecular complexity index is 2100. The minimum atomic E-state index is -4.12. The summed E-state index contributed by atoms with van der Waals surface area (Å²) in [5.74, 6) is 6.22. The van der Waals surface area contributed by atoms with E-state index in [0.717, 1.165) is 11.1 Å². The molecule has 0 heterocycles. The molecular formula is C50H40As2F12P4Rh2. The van der Waals surface area contributed by atoms with Crippen LogP contribution in [0, 0.1) is 11.8 Å². The van der Waals surface area contributed by atoms with Crippen molar-refractivity contribution in [3.05, 3.63) is 254 Å². The molecule has 0 nitrogen and oxygen atoms in total. The van der Waals surface area contributed by atoms with Gasteiger partial charge in [-0.1, -0.05) is 48.2 Å². The van der Waals surface area contributed by atoms with E-state index < -0.39 is 64.7 Å². The van der Waals surface area contributed by atoms with Crippen LogP contribution in [0.25, 0.3) is 0 Å². The fourth-order valence-electron chi connectivity index (χ4n) is 5.54. The van der Waals surface area contributed by atoms with Gasteiger partial charge < -0.3 is 0 Å². The van der Waals surface area contributed by atoms with Gasteiger partial charge in [-0.15, -0.1) is 0 Å². The van der Waals surface area contributed by atoms with Crippen LogP contribution in [0.5, 0.6) is 0 Å². The second-order valence-corrected chi connectivity index (χ2v) is 23.3. The molecule has 0 saturated heterocycles. The van der Waals surface area contributed by atoms with Crippen molar-refractivity contribution in [1.29, 1.82) is 0 Å². The monoisotopic (exact) mass is 1350 g/mol. The molecule has 0 saturated carbocycles. The third-order valence-electron chi connectivity index (χ3n) is 7.99. The van der Waals surface area contributed by atoms with Gasteiger partial charge in [-0.2, -0.15) is 50.4 Å². The van der Waals surface area contributed by atoms with Crippen molar-refractivity contribution in [2.24, 2.45) is 0 Å². The number of hydrogen-bond acceptors (Lipinski definition) is 0. The van der Waals surface area contributed by atoms with Gasteiger partial charge in [0.25, 0.3) is 0 Å². The predicted molar refractivity (Wildman–Crippen MR) is 268 cm³/mol. The van der Waals surface area contributed by atoms with Gasteiger partial charge in [0.05, 0.1) is 0 Å². The zero-order valence-electron chi connectivity index (χ0n) is 36.0. The normalized spacial score (nSPS) is 9.57. The molecule has 0 unspecified atom stereocenters. The van der Waals surface area contributed by atoms with E-state index in [1.165, 1.54) is 26.1 Å². The Labute approximate surface area is 442 Å². The summed E-state index contributed by atoms with van der Waals surface area (Å²) in [6.07, 6.45) is 0. The van der Waals surface area contributed by atoms with Crippen molar-refractivity contribution >= 4 is 90.8 Å². The zero-order chi connectivity index (χ0) is 49.8. The number of halogens is 12. The molecule has 0 amide bonds. The van der Waals surface area contributed by atoms with E-state index in [4.69, 9.17) is 0 Å². The SMILES string of the molecule is C(#Cc1ccccc1)c1ccccc1.FP(F)F.FP(F)F.FP(F)F.FP(F)F.[Rh].[Rh].c1ccc([As](c2ccccc2)c2ccccc2)cc1.c1ccc([As](c2ccccc2)c2ccccc2)cc1. The summed E-state index contributed by atoms with van der Waals surface area (Å²) >= 11 is -2.78. The number of rotatable bonds is 6. The van der Waals surface area contributed by atoms with Gasteiger partial charge in [0.2, 0.25) is 0 Å². The van der Waals surface area contributed by atoms with Crippen LogP contribution in [0.15, 0.2) is 243 Å². The van der Waals surface area contributed by atoms with Gasteiger partial charge in [-0.05, 0) is 24.3 Å². The molecule has 372 valence electrons. The average Bonchev–Trinajstić information content (AvgIpc) is 3.34. The first-order valence-electron chi connectivity index (χ1n) is 19.4. The summed E-state index contributed by atoms with van der Waals surface area (Å²) in [5.41, 5.74) is 2.10. The molecule has 0 spiro atoms. The molecule has 2 radical (unpaired) electrons. The summed E-state index contributed by atoms with van der Waals surface area (Å²) in [5, 5.41) is 0. The van der Waals surface area contributed by atoms with Crippen molar-refractivity contribution in [2.45, 2.75) is 0 Å². The summed E-state index contributed by atoms with van der Waals surface area (Å²) < 4.78 is 126. The Hall–Kier alpha value is -3.44. The predicted octanol–water partition coefficient (Wildman–Crippen LogP) is 16.0. The van der Waals surface area contributed by atoms with Crippen LogP contribution in [-0.2, 0) is 39.0 Å². The summed E-state index contributed by atoms with van der Waals surface area (Å²) in [6.45, 7) is 0. The molecule has 8 aromatic rings. The quantitative estimate of drug-likeness (QED) is 0.0674. The summed E-state index contributed by atoms with van der Waals surface area (Å²) in [7, 11) is -16.5. The van der Waals surface area contributed by atoms with E-state index in [1.807, 2.05) is 60.7 Å². The van der Waals surface area contributed by atoms with Crippen LogP contribution in [0.2, 0.25) is 0 Å². The summed E-state index contributed by atoms with van der Waals surface area (Å²) in [4.78, 5) is 0. The maximum atomic E-state index is 9.73. The third-order valence-corrected chi connectivity index (χ3v) is 18.2.